The number of nitrogens with zero attached hydrogens (tertiary/aromatic N) is 1. The van der Waals surface area contributed by atoms with E-state index < -0.39 is 6.10 Å². The third kappa shape index (κ3) is 7.29. The highest BCUT2D eigenvalue weighted by atomic mass is 16.3. The Balaban J connectivity index is 1.52. The van der Waals surface area contributed by atoms with Crippen molar-refractivity contribution in [2.45, 2.75) is 83.6 Å². The summed E-state index contributed by atoms with van der Waals surface area (Å²) in [6.07, 6.45) is 6.46. The molecule has 0 saturated heterocycles. The molecule has 34 heavy (non-hydrogen) atoms. The lowest BCUT2D eigenvalue weighted by atomic mass is 9.93. The van der Waals surface area contributed by atoms with Crippen LogP contribution in [0.25, 0.3) is 0 Å². The molecule has 0 aliphatic heterocycles. The van der Waals surface area contributed by atoms with Gasteiger partial charge in [0.15, 0.2) is 0 Å². The van der Waals surface area contributed by atoms with Gasteiger partial charge < -0.3 is 25.5 Å². The minimum atomic E-state index is -0.739. The molecule has 6 nitrogen and oxygen atoms in total. The van der Waals surface area contributed by atoms with Gasteiger partial charge in [-0.2, -0.15) is 0 Å². The summed E-state index contributed by atoms with van der Waals surface area (Å²) in [5.74, 6) is 0.246. The second-order valence-electron chi connectivity index (χ2n) is 9.54. The summed E-state index contributed by atoms with van der Waals surface area (Å²) in [7, 11) is 0. The molecule has 1 saturated carbocycles. The van der Waals surface area contributed by atoms with Gasteiger partial charge in [-0.1, -0.05) is 49.6 Å². The molecule has 1 fully saturated rings. The quantitative estimate of drug-likeness (QED) is 0.402. The number of phenols is 1. The van der Waals surface area contributed by atoms with E-state index in [1.165, 1.54) is 25.3 Å². The number of likely N-dealkylation sites (N-methyl/N-ethyl adjacent to an activating group) is 1. The molecule has 1 aliphatic carbocycles. The summed E-state index contributed by atoms with van der Waals surface area (Å²) in [5, 5.41) is 32.9. The van der Waals surface area contributed by atoms with Gasteiger partial charge in [0.1, 0.15) is 5.75 Å². The van der Waals surface area contributed by atoms with Gasteiger partial charge in [-0.25, -0.2) is 0 Å². The SMILES string of the molecule is CCN(C(=O)Cc1cccc(C[C@@H](C)NC[C@H](O)c2ccc(O)c(CO)c2)c1)C1CCCCC1. The van der Waals surface area contributed by atoms with Crippen LogP contribution in [0.2, 0.25) is 0 Å². The lowest BCUT2D eigenvalue weighted by molar-refractivity contribution is -0.133. The molecule has 1 aliphatic rings. The van der Waals surface area contributed by atoms with Crippen molar-refractivity contribution < 1.29 is 20.1 Å². The first-order chi connectivity index (χ1) is 16.4. The molecule has 2 aromatic carbocycles. The number of nitrogens with one attached hydrogen (secondary N) is 1. The van der Waals surface area contributed by atoms with E-state index in [-0.39, 0.29) is 24.3 Å². The number of aliphatic hydroxyl groups excluding tert-OH is 2. The average Bonchev–Trinajstić information content (AvgIpc) is 2.84. The normalized spacial score (nSPS) is 16.2. The molecule has 0 unspecified atom stereocenters. The summed E-state index contributed by atoms with van der Waals surface area (Å²) in [6.45, 7) is 5.01. The maximum absolute atomic E-state index is 13.0. The minimum Gasteiger partial charge on any atom is -0.508 e. The van der Waals surface area contributed by atoms with Crippen molar-refractivity contribution in [1.29, 1.82) is 0 Å². The van der Waals surface area contributed by atoms with Crippen molar-refractivity contribution in [2.75, 3.05) is 13.1 Å². The van der Waals surface area contributed by atoms with Crippen molar-refractivity contribution in [2.24, 2.45) is 0 Å². The van der Waals surface area contributed by atoms with Gasteiger partial charge in [0, 0.05) is 30.7 Å². The molecule has 3 rings (SSSR count). The van der Waals surface area contributed by atoms with Gasteiger partial charge >= 0.3 is 0 Å². The van der Waals surface area contributed by atoms with Crippen LogP contribution in [0, 0.1) is 0 Å². The fourth-order valence-electron chi connectivity index (χ4n) is 4.97. The van der Waals surface area contributed by atoms with E-state index in [0.717, 1.165) is 36.9 Å². The molecular weight excluding hydrogens is 428 g/mol. The summed E-state index contributed by atoms with van der Waals surface area (Å²) in [6, 6.07) is 13.6. The van der Waals surface area contributed by atoms with Gasteiger partial charge in [0.05, 0.1) is 19.1 Å². The second-order valence-corrected chi connectivity index (χ2v) is 9.54. The van der Waals surface area contributed by atoms with Crippen LogP contribution in [0.15, 0.2) is 42.5 Å². The summed E-state index contributed by atoms with van der Waals surface area (Å²) >= 11 is 0. The molecule has 186 valence electrons. The highest BCUT2D eigenvalue weighted by Gasteiger charge is 2.24. The summed E-state index contributed by atoms with van der Waals surface area (Å²) in [5.41, 5.74) is 3.26. The van der Waals surface area contributed by atoms with E-state index >= 15 is 0 Å². The van der Waals surface area contributed by atoms with Crippen LogP contribution in [0.1, 0.15) is 74.3 Å². The summed E-state index contributed by atoms with van der Waals surface area (Å²) < 4.78 is 0. The van der Waals surface area contributed by atoms with E-state index in [1.54, 1.807) is 12.1 Å². The molecule has 0 spiro atoms. The first-order valence-electron chi connectivity index (χ1n) is 12.6. The van der Waals surface area contributed by atoms with Crippen molar-refractivity contribution in [3.8, 4) is 5.75 Å². The smallest absolute Gasteiger partial charge is 0.227 e. The predicted molar refractivity (Wildman–Crippen MR) is 135 cm³/mol. The predicted octanol–water partition coefficient (Wildman–Crippen LogP) is 3.86. The Hall–Kier alpha value is -2.41. The average molecular weight is 469 g/mol. The van der Waals surface area contributed by atoms with Gasteiger partial charge in [-0.3, -0.25) is 4.79 Å². The molecule has 4 N–H and O–H groups in total. The zero-order valence-corrected chi connectivity index (χ0v) is 20.5. The standard InChI is InChI=1S/C28H40N2O4/c1-3-30(25-10-5-4-6-11-25)28(34)16-22-9-7-8-21(15-22)14-20(2)29-18-27(33)23-12-13-26(32)24(17-23)19-31/h7-9,12-13,15,17,20,25,27,29,31-33H,3-6,10-11,14,16,18-19H2,1-2H3/t20-,27+/m1/s1. The van der Waals surface area contributed by atoms with Crippen molar-refractivity contribution in [3.63, 3.8) is 0 Å². The second kappa shape index (κ2) is 12.9. The van der Waals surface area contributed by atoms with E-state index in [0.29, 0.717) is 30.1 Å². The topological polar surface area (TPSA) is 93.0 Å². The molecule has 2 atom stereocenters. The van der Waals surface area contributed by atoms with E-state index in [4.69, 9.17) is 0 Å². The van der Waals surface area contributed by atoms with Gasteiger partial charge in [0.2, 0.25) is 5.91 Å². The van der Waals surface area contributed by atoms with Crippen LogP contribution in [-0.2, 0) is 24.2 Å². The monoisotopic (exact) mass is 468 g/mol. The maximum atomic E-state index is 13.0. The van der Waals surface area contributed by atoms with Gasteiger partial charge in [-0.15, -0.1) is 0 Å². The van der Waals surface area contributed by atoms with Crippen LogP contribution in [0.3, 0.4) is 0 Å². The van der Waals surface area contributed by atoms with Crippen LogP contribution < -0.4 is 5.32 Å². The number of amides is 1. The van der Waals surface area contributed by atoms with Crippen molar-refractivity contribution in [1.82, 2.24) is 10.2 Å². The van der Waals surface area contributed by atoms with E-state index in [9.17, 15) is 20.1 Å². The fraction of sp³-hybridized carbons (Fsp3) is 0.536. The van der Waals surface area contributed by atoms with E-state index in [1.807, 2.05) is 12.1 Å². The maximum Gasteiger partial charge on any atom is 0.227 e. The Morgan fingerprint density at radius 2 is 1.85 bits per heavy atom. The zero-order valence-electron chi connectivity index (χ0n) is 20.5. The Kier molecular flexibility index (Phi) is 9.93. The summed E-state index contributed by atoms with van der Waals surface area (Å²) in [4.78, 5) is 15.1. The number of carbonyl (C=O) groups is 1. The third-order valence-corrected chi connectivity index (χ3v) is 6.88. The molecule has 0 heterocycles. The Labute approximate surface area is 203 Å². The number of rotatable bonds is 11. The van der Waals surface area contributed by atoms with Crippen LogP contribution in [0.5, 0.6) is 5.75 Å². The molecule has 0 bridgehead atoms. The number of hydrogen-bond donors (Lipinski definition) is 4. The van der Waals surface area contributed by atoms with Crippen molar-refractivity contribution >= 4 is 5.91 Å². The van der Waals surface area contributed by atoms with Crippen LogP contribution in [-0.4, -0.2) is 51.3 Å². The third-order valence-electron chi connectivity index (χ3n) is 6.88. The lowest BCUT2D eigenvalue weighted by Crippen LogP contribution is -2.42. The lowest BCUT2D eigenvalue weighted by Gasteiger charge is -2.33. The fourth-order valence-corrected chi connectivity index (χ4v) is 4.97. The number of aromatic hydroxyl groups is 1. The molecule has 0 radical (unpaired) electrons. The minimum absolute atomic E-state index is 0.0268. The van der Waals surface area contributed by atoms with Crippen LogP contribution >= 0.6 is 0 Å². The highest BCUT2D eigenvalue weighted by molar-refractivity contribution is 5.79. The molecule has 0 aromatic heterocycles. The van der Waals surface area contributed by atoms with Gasteiger partial charge in [-0.05, 0) is 61.9 Å². The first-order valence-corrected chi connectivity index (χ1v) is 12.6. The van der Waals surface area contributed by atoms with Gasteiger partial charge in [0.25, 0.3) is 0 Å². The Bertz CT molecular complexity index is 926. The zero-order chi connectivity index (χ0) is 24.5. The largest absolute Gasteiger partial charge is 0.508 e. The molecule has 2 aromatic rings. The molecule has 6 heteroatoms. The first kappa shape index (κ1) is 26.2. The van der Waals surface area contributed by atoms with E-state index in [2.05, 4.69) is 36.2 Å². The molecule has 1 amide bonds. The number of hydrogen-bond acceptors (Lipinski definition) is 5. The highest BCUT2D eigenvalue weighted by Crippen LogP contribution is 2.24. The Morgan fingerprint density at radius 1 is 1.12 bits per heavy atom. The number of carbonyl (C=O) groups excluding carboxylic acids is 1. The van der Waals surface area contributed by atoms with Crippen molar-refractivity contribution in [3.05, 3.63) is 64.7 Å². The van der Waals surface area contributed by atoms with Crippen LogP contribution in [0.4, 0.5) is 0 Å². The Morgan fingerprint density at radius 3 is 2.56 bits per heavy atom. The molecular formula is C28H40N2O4. The number of benzene rings is 2. The number of aliphatic hydroxyl groups is 2.